The Kier molecular flexibility index (Phi) is 6.77. The maximum absolute atomic E-state index is 6.13. The van der Waals surface area contributed by atoms with Crippen LogP contribution in [-0.2, 0) is 4.43 Å². The van der Waals surface area contributed by atoms with Crippen molar-refractivity contribution < 1.29 is 4.43 Å². The molecule has 0 spiro atoms. The van der Waals surface area contributed by atoms with Gasteiger partial charge in [-0.3, -0.25) is 0 Å². The lowest BCUT2D eigenvalue weighted by molar-refractivity contribution is 0.346. The van der Waals surface area contributed by atoms with Crippen molar-refractivity contribution in [3.8, 4) is 0 Å². The highest BCUT2D eigenvalue weighted by Gasteiger charge is 2.47. The summed E-state index contributed by atoms with van der Waals surface area (Å²) in [6.45, 7) is 14.1. The molecule has 0 aliphatic heterocycles. The molecule has 0 aliphatic rings. The highest BCUT2D eigenvalue weighted by molar-refractivity contribution is 6.77. The van der Waals surface area contributed by atoms with E-state index in [-0.39, 0.29) is 0 Å². The van der Waals surface area contributed by atoms with Crippen LogP contribution in [0.4, 0.5) is 0 Å². The molecule has 0 N–H and O–H groups in total. The van der Waals surface area contributed by atoms with Crippen LogP contribution < -0.4 is 0 Å². The third-order valence-corrected chi connectivity index (χ3v) is 11.1. The minimum atomic E-state index is -1.58. The monoisotopic (exact) mass is 230 g/mol. The molecule has 3 atom stereocenters. The molecule has 0 amide bonds. The van der Waals surface area contributed by atoms with Gasteiger partial charge in [-0.25, -0.2) is 0 Å². The van der Waals surface area contributed by atoms with Gasteiger partial charge in [0.2, 0.25) is 8.32 Å². The molecular formula is C13H30OSi. The zero-order chi connectivity index (χ0) is 12.1. The normalized spacial score (nSPS) is 21.8. The standard InChI is InChI=1S/C13H30OSi/c1-8-11(4)15(14-7,12(5)9-2)13(6)10-3/h11-13H,8-10H2,1-7H3. The summed E-state index contributed by atoms with van der Waals surface area (Å²) in [5.74, 6) is 0. The van der Waals surface area contributed by atoms with E-state index in [1.165, 1.54) is 19.3 Å². The molecule has 0 aliphatic carbocycles. The van der Waals surface area contributed by atoms with E-state index in [0.29, 0.717) is 0 Å². The van der Waals surface area contributed by atoms with Crippen LogP contribution in [0.15, 0.2) is 0 Å². The minimum Gasteiger partial charge on any atom is -0.419 e. The van der Waals surface area contributed by atoms with Crippen LogP contribution in [0.5, 0.6) is 0 Å². The van der Waals surface area contributed by atoms with E-state index in [1.807, 2.05) is 7.11 Å². The van der Waals surface area contributed by atoms with Crippen molar-refractivity contribution >= 4 is 8.32 Å². The Morgan fingerprint density at radius 1 is 0.800 bits per heavy atom. The molecule has 0 saturated heterocycles. The minimum absolute atomic E-state index is 0.771. The Bertz CT molecular complexity index is 143. The van der Waals surface area contributed by atoms with E-state index in [9.17, 15) is 0 Å². The average Bonchev–Trinajstić information content (AvgIpc) is 2.29. The second-order valence-electron chi connectivity index (χ2n) is 4.99. The van der Waals surface area contributed by atoms with Crippen molar-refractivity contribution in [1.82, 2.24) is 0 Å². The first-order valence-electron chi connectivity index (χ1n) is 6.56. The van der Waals surface area contributed by atoms with Gasteiger partial charge in [0.1, 0.15) is 0 Å². The van der Waals surface area contributed by atoms with Gasteiger partial charge in [-0.15, -0.1) is 0 Å². The highest BCUT2D eigenvalue weighted by Crippen LogP contribution is 2.46. The van der Waals surface area contributed by atoms with E-state index in [1.54, 1.807) is 0 Å². The fourth-order valence-corrected chi connectivity index (χ4v) is 9.05. The van der Waals surface area contributed by atoms with Crippen molar-refractivity contribution in [1.29, 1.82) is 0 Å². The molecule has 0 rings (SSSR count). The Balaban J connectivity index is 5.09. The molecule has 0 radical (unpaired) electrons. The molecule has 1 nitrogen and oxygen atoms in total. The van der Waals surface area contributed by atoms with Crippen LogP contribution in [0.1, 0.15) is 60.8 Å². The Labute approximate surface area is 97.7 Å². The quantitative estimate of drug-likeness (QED) is 0.561. The first-order valence-corrected chi connectivity index (χ1v) is 8.70. The van der Waals surface area contributed by atoms with Crippen molar-refractivity contribution in [3.05, 3.63) is 0 Å². The van der Waals surface area contributed by atoms with Crippen molar-refractivity contribution in [2.45, 2.75) is 77.4 Å². The van der Waals surface area contributed by atoms with Crippen LogP contribution in [0, 0.1) is 0 Å². The molecule has 3 unspecified atom stereocenters. The summed E-state index contributed by atoms with van der Waals surface area (Å²) < 4.78 is 6.13. The summed E-state index contributed by atoms with van der Waals surface area (Å²) in [6, 6.07) is 0. The van der Waals surface area contributed by atoms with E-state index in [4.69, 9.17) is 4.43 Å². The van der Waals surface area contributed by atoms with Gasteiger partial charge in [-0.2, -0.15) is 0 Å². The highest BCUT2D eigenvalue weighted by atomic mass is 28.4. The lowest BCUT2D eigenvalue weighted by atomic mass is 10.3. The Hall–Kier alpha value is 0.177. The maximum Gasteiger partial charge on any atom is 0.200 e. The van der Waals surface area contributed by atoms with E-state index < -0.39 is 8.32 Å². The zero-order valence-corrected chi connectivity index (χ0v) is 12.8. The van der Waals surface area contributed by atoms with Gasteiger partial charge in [0.25, 0.3) is 0 Å². The third kappa shape index (κ3) is 2.85. The topological polar surface area (TPSA) is 9.23 Å². The Morgan fingerprint density at radius 3 is 1.20 bits per heavy atom. The summed E-state index contributed by atoms with van der Waals surface area (Å²) >= 11 is 0. The summed E-state index contributed by atoms with van der Waals surface area (Å²) in [7, 11) is 0.375. The molecule has 15 heavy (non-hydrogen) atoms. The van der Waals surface area contributed by atoms with Crippen LogP contribution in [-0.4, -0.2) is 15.4 Å². The first-order chi connectivity index (χ1) is 7.00. The summed E-state index contributed by atoms with van der Waals surface area (Å²) in [5, 5.41) is 0. The Morgan fingerprint density at radius 2 is 1.07 bits per heavy atom. The van der Waals surface area contributed by atoms with Crippen LogP contribution in [0.2, 0.25) is 16.6 Å². The molecule has 0 fully saturated rings. The van der Waals surface area contributed by atoms with E-state index in [0.717, 1.165) is 16.6 Å². The largest absolute Gasteiger partial charge is 0.419 e. The van der Waals surface area contributed by atoms with Gasteiger partial charge in [-0.1, -0.05) is 60.8 Å². The van der Waals surface area contributed by atoms with Gasteiger partial charge in [0, 0.05) is 7.11 Å². The van der Waals surface area contributed by atoms with Gasteiger partial charge >= 0.3 is 0 Å². The summed E-state index contributed by atoms with van der Waals surface area (Å²) in [5.41, 5.74) is 2.31. The zero-order valence-electron chi connectivity index (χ0n) is 11.8. The van der Waals surface area contributed by atoms with Gasteiger partial charge in [-0.05, 0) is 16.6 Å². The molecule has 0 heterocycles. The smallest absolute Gasteiger partial charge is 0.200 e. The summed E-state index contributed by atoms with van der Waals surface area (Å²) in [6.07, 6.45) is 3.78. The molecule has 0 aromatic carbocycles. The summed E-state index contributed by atoms with van der Waals surface area (Å²) in [4.78, 5) is 0. The van der Waals surface area contributed by atoms with Gasteiger partial charge in [0.15, 0.2) is 0 Å². The lowest BCUT2D eigenvalue weighted by Crippen LogP contribution is -2.48. The number of rotatable bonds is 7. The third-order valence-electron chi connectivity index (χ3n) is 4.50. The SMILES string of the molecule is CCC(C)[Si](OC)(C(C)CC)C(C)CC. The molecular weight excluding hydrogens is 200 g/mol. The van der Waals surface area contributed by atoms with Crippen molar-refractivity contribution in [2.24, 2.45) is 0 Å². The lowest BCUT2D eigenvalue weighted by Gasteiger charge is -2.44. The van der Waals surface area contributed by atoms with Gasteiger partial charge < -0.3 is 4.43 Å². The molecule has 0 bridgehead atoms. The van der Waals surface area contributed by atoms with E-state index >= 15 is 0 Å². The average molecular weight is 230 g/mol. The maximum atomic E-state index is 6.13. The fourth-order valence-electron chi connectivity index (χ4n) is 3.02. The first kappa shape index (κ1) is 15.2. The van der Waals surface area contributed by atoms with Crippen molar-refractivity contribution in [3.63, 3.8) is 0 Å². The van der Waals surface area contributed by atoms with Crippen LogP contribution >= 0.6 is 0 Å². The number of hydrogen-bond donors (Lipinski definition) is 0. The fraction of sp³-hybridized carbons (Fsp3) is 1.00. The predicted molar refractivity (Wildman–Crippen MR) is 71.9 cm³/mol. The van der Waals surface area contributed by atoms with Crippen molar-refractivity contribution in [2.75, 3.05) is 7.11 Å². The molecule has 2 heteroatoms. The second kappa shape index (κ2) is 6.69. The number of hydrogen-bond acceptors (Lipinski definition) is 1. The molecule has 92 valence electrons. The van der Waals surface area contributed by atoms with Gasteiger partial charge in [0.05, 0.1) is 0 Å². The van der Waals surface area contributed by atoms with Crippen LogP contribution in [0.3, 0.4) is 0 Å². The molecule has 0 saturated carbocycles. The predicted octanol–water partition coefficient (Wildman–Crippen LogP) is 4.98. The second-order valence-corrected chi connectivity index (χ2v) is 10.1. The molecule has 0 aromatic rings. The van der Waals surface area contributed by atoms with Crippen LogP contribution in [0.25, 0.3) is 0 Å². The van der Waals surface area contributed by atoms with E-state index in [2.05, 4.69) is 41.5 Å². The molecule has 0 aromatic heterocycles.